The molecule has 3 rings (SSSR count). The Hall–Kier alpha value is -1.03. The van der Waals surface area contributed by atoms with Crippen LogP contribution in [-0.2, 0) is 6.54 Å². The van der Waals surface area contributed by atoms with Crippen molar-refractivity contribution in [1.29, 1.82) is 0 Å². The molecule has 0 bridgehead atoms. The molecular formula is C15H26N4. The van der Waals surface area contributed by atoms with Gasteiger partial charge in [0, 0.05) is 31.9 Å². The van der Waals surface area contributed by atoms with Gasteiger partial charge in [-0.25, -0.2) is 4.98 Å². The topological polar surface area (TPSA) is 33.1 Å². The fraction of sp³-hybridized carbons (Fsp3) is 0.800. The summed E-state index contributed by atoms with van der Waals surface area (Å²) in [6, 6.07) is 0.679. The third kappa shape index (κ3) is 2.64. The van der Waals surface area contributed by atoms with Gasteiger partial charge in [-0.2, -0.15) is 0 Å². The van der Waals surface area contributed by atoms with Crippen molar-refractivity contribution in [3.8, 4) is 0 Å². The Kier molecular flexibility index (Phi) is 3.52. The third-order valence-corrected chi connectivity index (χ3v) is 4.32. The Morgan fingerprint density at radius 1 is 1.42 bits per heavy atom. The van der Waals surface area contributed by atoms with Crippen LogP contribution in [0.1, 0.15) is 32.4 Å². The molecule has 0 amide bonds. The monoisotopic (exact) mass is 262 g/mol. The van der Waals surface area contributed by atoms with E-state index in [1.165, 1.54) is 31.9 Å². The molecular weight excluding hydrogens is 236 g/mol. The van der Waals surface area contributed by atoms with Gasteiger partial charge in [0.25, 0.3) is 0 Å². The highest BCUT2D eigenvalue weighted by Crippen LogP contribution is 2.29. The zero-order valence-corrected chi connectivity index (χ0v) is 12.4. The predicted octanol–water partition coefficient (Wildman–Crippen LogP) is 2.04. The fourth-order valence-electron chi connectivity index (χ4n) is 3.52. The van der Waals surface area contributed by atoms with Crippen LogP contribution >= 0.6 is 0 Å². The minimum absolute atomic E-state index is 0.662. The molecule has 3 heterocycles. The quantitative estimate of drug-likeness (QED) is 0.905. The van der Waals surface area contributed by atoms with Crippen LogP contribution in [0.2, 0.25) is 0 Å². The maximum Gasteiger partial charge on any atom is 0.205 e. The Bertz CT molecular complexity index is 423. The van der Waals surface area contributed by atoms with Crippen molar-refractivity contribution in [2.75, 3.05) is 24.5 Å². The first-order valence-corrected chi connectivity index (χ1v) is 7.65. The molecule has 0 aliphatic carbocycles. The van der Waals surface area contributed by atoms with Gasteiger partial charge >= 0.3 is 0 Å². The molecule has 19 heavy (non-hydrogen) atoms. The zero-order valence-electron chi connectivity index (χ0n) is 12.4. The molecule has 0 saturated carbocycles. The Balaban J connectivity index is 1.78. The first-order valence-electron chi connectivity index (χ1n) is 7.65. The van der Waals surface area contributed by atoms with E-state index < -0.39 is 0 Å². The number of rotatable bonds is 3. The lowest BCUT2D eigenvalue weighted by atomic mass is 9.94. The van der Waals surface area contributed by atoms with Gasteiger partial charge < -0.3 is 14.8 Å². The Morgan fingerprint density at radius 3 is 3.00 bits per heavy atom. The van der Waals surface area contributed by atoms with E-state index in [4.69, 9.17) is 4.98 Å². The van der Waals surface area contributed by atoms with Crippen LogP contribution in [0, 0.1) is 18.8 Å². The number of hydrogen-bond donors (Lipinski definition) is 1. The van der Waals surface area contributed by atoms with E-state index in [-0.39, 0.29) is 0 Å². The minimum Gasteiger partial charge on any atom is -0.340 e. The summed E-state index contributed by atoms with van der Waals surface area (Å²) < 4.78 is 2.34. The summed E-state index contributed by atoms with van der Waals surface area (Å²) >= 11 is 0. The first kappa shape index (κ1) is 13.0. The van der Waals surface area contributed by atoms with E-state index in [0.717, 1.165) is 24.7 Å². The number of hydrogen-bond acceptors (Lipinski definition) is 3. The lowest BCUT2D eigenvalue weighted by Gasteiger charge is -2.24. The number of nitrogens with zero attached hydrogens (tertiary/aromatic N) is 3. The highest BCUT2D eigenvalue weighted by Gasteiger charge is 2.35. The summed E-state index contributed by atoms with van der Waals surface area (Å²) in [5.41, 5.74) is 1.14. The van der Waals surface area contributed by atoms with Gasteiger partial charge in [-0.05, 0) is 38.1 Å². The summed E-state index contributed by atoms with van der Waals surface area (Å²) in [7, 11) is 0. The van der Waals surface area contributed by atoms with Crippen molar-refractivity contribution < 1.29 is 0 Å². The zero-order chi connectivity index (χ0) is 13.4. The first-order chi connectivity index (χ1) is 9.13. The van der Waals surface area contributed by atoms with Crippen LogP contribution in [-0.4, -0.2) is 35.2 Å². The number of imidazole rings is 1. The van der Waals surface area contributed by atoms with Crippen LogP contribution in [0.3, 0.4) is 0 Å². The van der Waals surface area contributed by atoms with Crippen molar-refractivity contribution in [3.63, 3.8) is 0 Å². The summed E-state index contributed by atoms with van der Waals surface area (Å²) in [6.07, 6.45) is 4.90. The second-order valence-electron chi connectivity index (χ2n) is 6.60. The van der Waals surface area contributed by atoms with Gasteiger partial charge in [0.1, 0.15) is 0 Å². The number of aromatic nitrogens is 2. The third-order valence-electron chi connectivity index (χ3n) is 4.32. The molecule has 2 unspecified atom stereocenters. The molecule has 1 aromatic heterocycles. The second kappa shape index (κ2) is 5.16. The molecule has 2 fully saturated rings. The van der Waals surface area contributed by atoms with Gasteiger partial charge in [-0.3, -0.25) is 0 Å². The maximum atomic E-state index is 4.76. The van der Waals surface area contributed by atoms with E-state index >= 15 is 0 Å². The maximum absolute atomic E-state index is 4.76. The van der Waals surface area contributed by atoms with Crippen molar-refractivity contribution in [2.45, 2.75) is 46.2 Å². The predicted molar refractivity (Wildman–Crippen MR) is 78.5 cm³/mol. The second-order valence-corrected chi connectivity index (χ2v) is 6.60. The lowest BCUT2D eigenvalue weighted by molar-refractivity contribution is 0.340. The van der Waals surface area contributed by atoms with Crippen LogP contribution in [0.5, 0.6) is 0 Å². The molecule has 2 aliphatic rings. The Morgan fingerprint density at radius 2 is 2.26 bits per heavy atom. The van der Waals surface area contributed by atoms with Crippen molar-refractivity contribution >= 4 is 5.95 Å². The molecule has 4 nitrogen and oxygen atoms in total. The van der Waals surface area contributed by atoms with E-state index in [1.54, 1.807) is 0 Å². The van der Waals surface area contributed by atoms with Gasteiger partial charge in [-0.15, -0.1) is 0 Å². The number of anilines is 1. The average molecular weight is 262 g/mol. The van der Waals surface area contributed by atoms with E-state index in [9.17, 15) is 0 Å². The summed E-state index contributed by atoms with van der Waals surface area (Å²) in [5.74, 6) is 2.66. The SMILES string of the molecule is Cc1cn(CC(C)C)c(N2CC3CCCNC3C2)n1. The normalized spacial score (nSPS) is 27.1. The lowest BCUT2D eigenvalue weighted by Crippen LogP contribution is -2.40. The van der Waals surface area contributed by atoms with Crippen LogP contribution in [0.15, 0.2) is 6.20 Å². The van der Waals surface area contributed by atoms with Crippen LogP contribution in [0.4, 0.5) is 5.95 Å². The molecule has 2 atom stereocenters. The molecule has 0 radical (unpaired) electrons. The number of nitrogens with one attached hydrogen (secondary N) is 1. The summed E-state index contributed by atoms with van der Waals surface area (Å²) in [6.45, 7) is 11.2. The highest BCUT2D eigenvalue weighted by molar-refractivity contribution is 5.36. The number of aryl methyl sites for hydroxylation is 1. The Labute approximate surface area is 116 Å². The largest absolute Gasteiger partial charge is 0.340 e. The number of fused-ring (bicyclic) bond motifs is 1. The molecule has 1 aromatic rings. The van der Waals surface area contributed by atoms with Gasteiger partial charge in [0.05, 0.1) is 5.69 Å². The highest BCUT2D eigenvalue weighted by atomic mass is 15.3. The van der Waals surface area contributed by atoms with E-state index in [0.29, 0.717) is 12.0 Å². The van der Waals surface area contributed by atoms with Crippen LogP contribution in [0.25, 0.3) is 0 Å². The molecule has 0 spiro atoms. The van der Waals surface area contributed by atoms with Crippen molar-refractivity contribution in [3.05, 3.63) is 11.9 Å². The van der Waals surface area contributed by atoms with Gasteiger partial charge in [0.2, 0.25) is 5.95 Å². The van der Waals surface area contributed by atoms with Crippen molar-refractivity contribution in [1.82, 2.24) is 14.9 Å². The average Bonchev–Trinajstić information content (AvgIpc) is 2.91. The van der Waals surface area contributed by atoms with Gasteiger partial charge in [0.15, 0.2) is 0 Å². The van der Waals surface area contributed by atoms with E-state index in [2.05, 4.69) is 41.8 Å². The molecule has 1 N–H and O–H groups in total. The molecule has 4 heteroatoms. The standard InChI is InChI=1S/C15H26N4/c1-11(2)7-18-8-12(3)17-15(18)19-9-13-5-4-6-16-14(13)10-19/h8,11,13-14,16H,4-7,9-10H2,1-3H3. The minimum atomic E-state index is 0.662. The number of piperidine rings is 1. The molecule has 2 saturated heterocycles. The summed E-state index contributed by atoms with van der Waals surface area (Å²) in [5, 5.41) is 3.67. The summed E-state index contributed by atoms with van der Waals surface area (Å²) in [4.78, 5) is 7.25. The van der Waals surface area contributed by atoms with Crippen molar-refractivity contribution in [2.24, 2.45) is 11.8 Å². The smallest absolute Gasteiger partial charge is 0.205 e. The van der Waals surface area contributed by atoms with E-state index in [1.807, 2.05) is 0 Å². The molecule has 2 aliphatic heterocycles. The fourth-order valence-corrected chi connectivity index (χ4v) is 3.52. The van der Waals surface area contributed by atoms with Crippen LogP contribution < -0.4 is 10.2 Å². The molecule has 106 valence electrons. The molecule has 0 aromatic carbocycles. The van der Waals surface area contributed by atoms with Gasteiger partial charge in [-0.1, -0.05) is 13.8 Å².